The van der Waals surface area contributed by atoms with Crippen molar-refractivity contribution in [2.45, 2.75) is 6.10 Å². The number of phenolic OH excluding ortho intramolecular Hbond substituents is 1. The summed E-state index contributed by atoms with van der Waals surface area (Å²) in [6, 6.07) is 1.85. The summed E-state index contributed by atoms with van der Waals surface area (Å²) in [7, 11) is 0. The molecule has 1 heterocycles. The van der Waals surface area contributed by atoms with Crippen molar-refractivity contribution < 1.29 is 28.9 Å². The number of carbonyl (C=O) groups excluding carboxylic acids is 1. The van der Waals surface area contributed by atoms with E-state index in [1.165, 1.54) is 0 Å². The lowest BCUT2D eigenvalue weighted by atomic mass is 10.3. The zero-order valence-corrected chi connectivity index (χ0v) is 15.0. The van der Waals surface area contributed by atoms with Crippen LogP contribution in [0.15, 0.2) is 12.1 Å². The average Bonchev–Trinajstić information content (AvgIpc) is 2.64. The van der Waals surface area contributed by atoms with E-state index in [4.69, 9.17) is 21.1 Å². The first kappa shape index (κ1) is 20.5. The van der Waals surface area contributed by atoms with Gasteiger partial charge in [0.05, 0.1) is 18.2 Å². The van der Waals surface area contributed by atoms with E-state index in [0.29, 0.717) is 39.4 Å². The number of aliphatic hydroxyl groups excluding tert-OH is 1. The highest BCUT2D eigenvalue weighted by molar-refractivity contribution is 6.32. The summed E-state index contributed by atoms with van der Waals surface area (Å²) in [5.41, 5.74) is 0. The summed E-state index contributed by atoms with van der Waals surface area (Å²) in [5, 5.41) is 24.8. The van der Waals surface area contributed by atoms with Crippen molar-refractivity contribution >= 4 is 17.6 Å². The number of morpholine rings is 1. The van der Waals surface area contributed by atoms with E-state index in [2.05, 4.69) is 10.6 Å². The Hall–Kier alpha value is -1.81. The average molecular weight is 392 g/mol. The van der Waals surface area contributed by atoms with Crippen LogP contribution in [0.3, 0.4) is 0 Å². The van der Waals surface area contributed by atoms with E-state index in [1.54, 1.807) is 4.90 Å². The normalized spacial score (nSPS) is 15.6. The van der Waals surface area contributed by atoms with Gasteiger partial charge in [0.2, 0.25) is 0 Å². The molecule has 1 aromatic carbocycles. The SMILES string of the molecule is O=C(NCCNC[C@H](O)COc1cc(Cl)c(O)cc1F)N1CCOCC1. The number of phenols is 1. The Morgan fingerprint density at radius 2 is 2.12 bits per heavy atom. The highest BCUT2D eigenvalue weighted by atomic mass is 35.5. The predicted octanol–water partition coefficient (Wildman–Crippen LogP) is 0.556. The Kier molecular flexibility index (Phi) is 8.17. The molecule has 146 valence electrons. The van der Waals surface area contributed by atoms with Crippen molar-refractivity contribution in [3.63, 3.8) is 0 Å². The second-order valence-electron chi connectivity index (χ2n) is 5.73. The quantitative estimate of drug-likeness (QED) is 0.483. The van der Waals surface area contributed by atoms with Gasteiger partial charge in [-0.3, -0.25) is 0 Å². The van der Waals surface area contributed by atoms with Crippen LogP contribution in [0.25, 0.3) is 0 Å². The molecule has 8 nitrogen and oxygen atoms in total. The van der Waals surface area contributed by atoms with E-state index in [1.807, 2.05) is 0 Å². The van der Waals surface area contributed by atoms with Gasteiger partial charge in [-0.05, 0) is 0 Å². The Balaban J connectivity index is 1.58. The maximum Gasteiger partial charge on any atom is 0.317 e. The lowest BCUT2D eigenvalue weighted by Gasteiger charge is -2.27. The van der Waals surface area contributed by atoms with Gasteiger partial charge >= 0.3 is 6.03 Å². The summed E-state index contributed by atoms with van der Waals surface area (Å²) < 4.78 is 23.9. The van der Waals surface area contributed by atoms with Gasteiger partial charge in [0.25, 0.3) is 0 Å². The number of halogens is 2. The van der Waals surface area contributed by atoms with Crippen LogP contribution in [0.5, 0.6) is 11.5 Å². The molecule has 0 saturated carbocycles. The van der Waals surface area contributed by atoms with Crippen LogP contribution in [0.2, 0.25) is 5.02 Å². The smallest absolute Gasteiger partial charge is 0.317 e. The molecule has 0 spiro atoms. The Morgan fingerprint density at radius 1 is 1.38 bits per heavy atom. The highest BCUT2D eigenvalue weighted by Crippen LogP contribution is 2.30. The molecule has 0 unspecified atom stereocenters. The molecule has 1 fully saturated rings. The van der Waals surface area contributed by atoms with Gasteiger partial charge in [0.15, 0.2) is 11.6 Å². The topological polar surface area (TPSA) is 103 Å². The number of carbonyl (C=O) groups is 1. The number of benzene rings is 1. The summed E-state index contributed by atoms with van der Waals surface area (Å²) in [5.74, 6) is -1.29. The van der Waals surface area contributed by atoms with Gasteiger partial charge in [0.1, 0.15) is 18.5 Å². The lowest BCUT2D eigenvalue weighted by molar-refractivity contribution is 0.0532. The number of urea groups is 1. The molecule has 0 radical (unpaired) electrons. The molecule has 1 aliphatic heterocycles. The van der Waals surface area contributed by atoms with Crippen LogP contribution in [0.1, 0.15) is 0 Å². The van der Waals surface area contributed by atoms with Gasteiger partial charge < -0.3 is 35.2 Å². The maximum absolute atomic E-state index is 13.6. The van der Waals surface area contributed by atoms with Crippen molar-refractivity contribution in [3.8, 4) is 11.5 Å². The highest BCUT2D eigenvalue weighted by Gasteiger charge is 2.16. The van der Waals surface area contributed by atoms with Crippen molar-refractivity contribution in [2.75, 3.05) is 52.5 Å². The number of aromatic hydroxyl groups is 1. The summed E-state index contributed by atoms with van der Waals surface area (Å²) in [6.07, 6.45) is -0.878. The van der Waals surface area contributed by atoms with E-state index in [9.17, 15) is 19.4 Å². The van der Waals surface area contributed by atoms with Crippen LogP contribution in [0, 0.1) is 5.82 Å². The molecule has 0 aromatic heterocycles. The van der Waals surface area contributed by atoms with Crippen molar-refractivity contribution in [1.82, 2.24) is 15.5 Å². The third-order valence-corrected chi connectivity index (χ3v) is 3.99. The fourth-order valence-corrected chi connectivity index (χ4v) is 2.43. The molecule has 1 aromatic rings. The summed E-state index contributed by atoms with van der Waals surface area (Å²) >= 11 is 5.68. The predicted molar refractivity (Wildman–Crippen MR) is 93.2 cm³/mol. The van der Waals surface area contributed by atoms with E-state index in [-0.39, 0.29) is 35.7 Å². The molecule has 0 bridgehead atoms. The summed E-state index contributed by atoms with van der Waals surface area (Å²) in [4.78, 5) is 13.5. The van der Waals surface area contributed by atoms with Gasteiger partial charge in [-0.15, -0.1) is 0 Å². The monoisotopic (exact) mass is 391 g/mol. The molecule has 1 atom stereocenters. The molecule has 2 rings (SSSR count). The van der Waals surface area contributed by atoms with Gasteiger partial charge in [-0.25, -0.2) is 9.18 Å². The third-order valence-electron chi connectivity index (χ3n) is 3.69. The van der Waals surface area contributed by atoms with E-state index in [0.717, 1.165) is 12.1 Å². The molecule has 0 aliphatic carbocycles. The second-order valence-corrected chi connectivity index (χ2v) is 6.14. The van der Waals surface area contributed by atoms with Gasteiger partial charge in [0, 0.05) is 44.9 Å². The fourth-order valence-electron chi connectivity index (χ4n) is 2.28. The molecule has 26 heavy (non-hydrogen) atoms. The Labute approximate surface area is 155 Å². The van der Waals surface area contributed by atoms with Crippen molar-refractivity contribution in [3.05, 3.63) is 23.0 Å². The standard InChI is InChI=1S/C16H23ClFN3O5/c17-12-7-15(13(18)8-14(12)23)26-10-11(22)9-19-1-2-20-16(24)21-3-5-25-6-4-21/h7-8,11,19,22-23H,1-6,9-10H2,(H,20,24)/t11-/m0/s1. The van der Waals surface area contributed by atoms with Gasteiger partial charge in [-0.1, -0.05) is 11.6 Å². The maximum atomic E-state index is 13.6. The van der Waals surface area contributed by atoms with E-state index >= 15 is 0 Å². The van der Waals surface area contributed by atoms with Crippen LogP contribution in [0.4, 0.5) is 9.18 Å². The van der Waals surface area contributed by atoms with Crippen LogP contribution < -0.4 is 15.4 Å². The van der Waals surface area contributed by atoms with Crippen molar-refractivity contribution in [2.24, 2.45) is 0 Å². The molecule has 10 heteroatoms. The van der Waals surface area contributed by atoms with Crippen LogP contribution in [-0.2, 0) is 4.74 Å². The zero-order chi connectivity index (χ0) is 18.9. The number of amides is 2. The first-order valence-electron chi connectivity index (χ1n) is 8.27. The fraction of sp³-hybridized carbons (Fsp3) is 0.562. The number of nitrogens with zero attached hydrogens (tertiary/aromatic N) is 1. The molecule has 1 saturated heterocycles. The molecular formula is C16H23ClFN3O5. The van der Waals surface area contributed by atoms with E-state index < -0.39 is 11.9 Å². The summed E-state index contributed by atoms with van der Waals surface area (Å²) in [6.45, 7) is 3.18. The van der Waals surface area contributed by atoms with Crippen molar-refractivity contribution in [1.29, 1.82) is 0 Å². The van der Waals surface area contributed by atoms with Crippen LogP contribution >= 0.6 is 11.6 Å². The molecular weight excluding hydrogens is 369 g/mol. The van der Waals surface area contributed by atoms with Crippen LogP contribution in [-0.4, -0.2) is 79.8 Å². The third kappa shape index (κ3) is 6.49. The Bertz CT molecular complexity index is 601. The first-order chi connectivity index (χ1) is 12.5. The number of hydrogen-bond donors (Lipinski definition) is 4. The zero-order valence-electron chi connectivity index (χ0n) is 14.2. The minimum Gasteiger partial charge on any atom is -0.506 e. The van der Waals surface area contributed by atoms with Gasteiger partial charge in [-0.2, -0.15) is 0 Å². The number of hydrogen-bond acceptors (Lipinski definition) is 6. The molecule has 1 aliphatic rings. The second kappa shape index (κ2) is 10.4. The largest absolute Gasteiger partial charge is 0.506 e. The number of aliphatic hydroxyl groups is 1. The molecule has 4 N–H and O–H groups in total. The Morgan fingerprint density at radius 3 is 2.85 bits per heavy atom. The number of rotatable bonds is 8. The number of ether oxygens (including phenoxy) is 2. The number of nitrogens with one attached hydrogen (secondary N) is 2. The lowest BCUT2D eigenvalue weighted by Crippen LogP contribution is -2.47. The minimum absolute atomic E-state index is 0.0370. The molecule has 2 amide bonds. The first-order valence-corrected chi connectivity index (χ1v) is 8.65. The minimum atomic E-state index is -0.878.